The van der Waals surface area contributed by atoms with Crippen LogP contribution >= 0.6 is 0 Å². The van der Waals surface area contributed by atoms with Crippen LogP contribution < -0.4 is 20.9 Å². The molecule has 0 radical (unpaired) electrons. The Labute approximate surface area is 141 Å². The van der Waals surface area contributed by atoms with Crippen LogP contribution in [-0.4, -0.2) is 32.1 Å². The molecule has 24 heavy (non-hydrogen) atoms. The number of imide groups is 1. The first-order valence-electron chi connectivity index (χ1n) is 7.81. The van der Waals surface area contributed by atoms with Gasteiger partial charge in [-0.05, 0) is 31.2 Å². The molecule has 3 amide bonds. The second kappa shape index (κ2) is 8.57. The van der Waals surface area contributed by atoms with E-state index in [1.54, 1.807) is 6.92 Å². The van der Waals surface area contributed by atoms with Gasteiger partial charge in [-0.1, -0.05) is 30.3 Å². The Morgan fingerprint density at radius 3 is 2.38 bits per heavy atom. The van der Waals surface area contributed by atoms with Crippen LogP contribution in [0.25, 0.3) is 0 Å². The van der Waals surface area contributed by atoms with E-state index in [-0.39, 0.29) is 6.54 Å². The number of nitrogens with one attached hydrogen (secondary N) is 3. The first-order chi connectivity index (χ1) is 11.6. The minimum Gasteiger partial charge on any atom is -0.374 e. The van der Waals surface area contributed by atoms with E-state index in [0.29, 0.717) is 6.54 Å². The second-order valence-corrected chi connectivity index (χ2v) is 5.17. The number of urea groups is 1. The largest absolute Gasteiger partial charge is 0.374 e. The summed E-state index contributed by atoms with van der Waals surface area (Å²) in [6.07, 6.45) is 0. The van der Waals surface area contributed by atoms with Crippen LogP contribution in [-0.2, 0) is 4.79 Å². The monoisotopic (exact) mass is 326 g/mol. The van der Waals surface area contributed by atoms with Gasteiger partial charge in [0.05, 0.1) is 17.9 Å². The Morgan fingerprint density at radius 1 is 1.00 bits per heavy atom. The third kappa shape index (κ3) is 4.74. The molecule has 0 unspecified atom stereocenters. The van der Waals surface area contributed by atoms with Gasteiger partial charge in [0.1, 0.15) is 0 Å². The molecule has 0 spiro atoms. The highest BCUT2D eigenvalue weighted by molar-refractivity contribution is 5.96. The molecule has 0 aliphatic heterocycles. The molecule has 0 aliphatic carbocycles. The molecular formula is C18H22N4O2. The molecule has 6 heteroatoms. The number of benzene rings is 2. The summed E-state index contributed by atoms with van der Waals surface area (Å²) >= 11 is 0. The zero-order valence-corrected chi connectivity index (χ0v) is 13.9. The SMILES string of the molecule is CCNC(=O)NC(=O)CNc1ccccc1N(C)c1ccccc1. The Kier molecular flexibility index (Phi) is 6.19. The third-order valence-electron chi connectivity index (χ3n) is 3.44. The zero-order chi connectivity index (χ0) is 17.4. The summed E-state index contributed by atoms with van der Waals surface area (Å²) in [5.41, 5.74) is 2.79. The van der Waals surface area contributed by atoms with Gasteiger partial charge in [0.25, 0.3) is 0 Å². The number of rotatable bonds is 6. The van der Waals surface area contributed by atoms with Crippen molar-refractivity contribution < 1.29 is 9.59 Å². The lowest BCUT2D eigenvalue weighted by molar-refractivity contribution is -0.118. The number of nitrogens with zero attached hydrogens (tertiary/aromatic N) is 1. The fourth-order valence-corrected chi connectivity index (χ4v) is 2.26. The molecule has 6 nitrogen and oxygen atoms in total. The number of amides is 3. The van der Waals surface area contributed by atoms with Crippen molar-refractivity contribution in [2.24, 2.45) is 0 Å². The molecule has 0 atom stereocenters. The van der Waals surface area contributed by atoms with E-state index in [2.05, 4.69) is 16.0 Å². The van der Waals surface area contributed by atoms with Crippen molar-refractivity contribution in [1.82, 2.24) is 10.6 Å². The maximum absolute atomic E-state index is 11.8. The van der Waals surface area contributed by atoms with Crippen LogP contribution in [0.2, 0.25) is 0 Å². The van der Waals surface area contributed by atoms with Gasteiger partial charge >= 0.3 is 6.03 Å². The molecule has 0 bridgehead atoms. The Morgan fingerprint density at radius 2 is 1.67 bits per heavy atom. The number of hydrogen-bond donors (Lipinski definition) is 3. The van der Waals surface area contributed by atoms with Gasteiger partial charge in [0, 0.05) is 19.3 Å². The Hall–Kier alpha value is -3.02. The van der Waals surface area contributed by atoms with Gasteiger partial charge in [-0.15, -0.1) is 0 Å². The summed E-state index contributed by atoms with van der Waals surface area (Å²) in [6, 6.07) is 17.2. The van der Waals surface area contributed by atoms with Gasteiger partial charge in [-0.2, -0.15) is 0 Å². The predicted molar refractivity (Wildman–Crippen MR) is 96.7 cm³/mol. The lowest BCUT2D eigenvalue weighted by Crippen LogP contribution is -2.41. The smallest absolute Gasteiger partial charge is 0.321 e. The van der Waals surface area contributed by atoms with E-state index >= 15 is 0 Å². The molecule has 2 aromatic carbocycles. The third-order valence-corrected chi connectivity index (χ3v) is 3.44. The molecule has 0 fully saturated rings. The summed E-state index contributed by atoms with van der Waals surface area (Å²) in [7, 11) is 1.96. The second-order valence-electron chi connectivity index (χ2n) is 5.17. The van der Waals surface area contributed by atoms with E-state index in [1.165, 1.54) is 0 Å². The molecule has 3 N–H and O–H groups in total. The average molecular weight is 326 g/mol. The van der Waals surface area contributed by atoms with Gasteiger partial charge in [-0.3, -0.25) is 10.1 Å². The predicted octanol–water partition coefficient (Wildman–Crippen LogP) is 2.71. The number of para-hydroxylation sites is 3. The quantitative estimate of drug-likeness (QED) is 0.763. The fourth-order valence-electron chi connectivity index (χ4n) is 2.26. The molecule has 2 rings (SSSR count). The van der Waals surface area contributed by atoms with Crippen molar-refractivity contribution in [2.45, 2.75) is 6.92 Å². The first kappa shape index (κ1) is 17.3. The van der Waals surface area contributed by atoms with Crippen molar-refractivity contribution in [3.63, 3.8) is 0 Å². The lowest BCUT2D eigenvalue weighted by atomic mass is 10.2. The van der Waals surface area contributed by atoms with E-state index in [9.17, 15) is 9.59 Å². The molecule has 0 saturated heterocycles. The number of hydrogen-bond acceptors (Lipinski definition) is 4. The molecular weight excluding hydrogens is 304 g/mol. The standard InChI is InChI=1S/C18H22N4O2/c1-3-19-18(24)21-17(23)13-20-15-11-7-8-12-16(15)22(2)14-9-5-4-6-10-14/h4-12,20H,3,13H2,1-2H3,(H2,19,21,23,24). The molecule has 0 aliphatic rings. The van der Waals surface area contributed by atoms with Gasteiger partial charge in [0.15, 0.2) is 0 Å². The fraction of sp³-hybridized carbons (Fsp3) is 0.222. The topological polar surface area (TPSA) is 73.5 Å². The summed E-state index contributed by atoms with van der Waals surface area (Å²) < 4.78 is 0. The minimum atomic E-state index is -0.487. The van der Waals surface area contributed by atoms with Crippen molar-refractivity contribution in [3.8, 4) is 0 Å². The maximum atomic E-state index is 11.8. The molecule has 0 aromatic heterocycles. The molecule has 0 saturated carbocycles. The lowest BCUT2D eigenvalue weighted by Gasteiger charge is -2.23. The minimum absolute atomic E-state index is 0.0107. The first-order valence-corrected chi connectivity index (χ1v) is 7.81. The van der Waals surface area contributed by atoms with Crippen LogP contribution in [0, 0.1) is 0 Å². The van der Waals surface area contributed by atoms with Crippen molar-refractivity contribution >= 4 is 29.0 Å². The molecule has 126 valence electrons. The van der Waals surface area contributed by atoms with E-state index in [4.69, 9.17) is 0 Å². The molecule has 2 aromatic rings. The zero-order valence-electron chi connectivity index (χ0n) is 13.9. The number of carbonyl (C=O) groups excluding carboxylic acids is 2. The highest BCUT2D eigenvalue weighted by Crippen LogP contribution is 2.30. The van der Waals surface area contributed by atoms with Crippen molar-refractivity contribution in [1.29, 1.82) is 0 Å². The molecule has 0 heterocycles. The highest BCUT2D eigenvalue weighted by Gasteiger charge is 2.11. The normalized spacial score (nSPS) is 9.92. The van der Waals surface area contributed by atoms with E-state index in [1.807, 2.05) is 66.5 Å². The summed E-state index contributed by atoms with van der Waals surface area (Å²) in [4.78, 5) is 25.2. The van der Waals surface area contributed by atoms with Crippen molar-refractivity contribution in [3.05, 3.63) is 54.6 Å². The number of carbonyl (C=O) groups is 2. The highest BCUT2D eigenvalue weighted by atomic mass is 16.2. The average Bonchev–Trinajstić information content (AvgIpc) is 2.60. The van der Waals surface area contributed by atoms with Crippen LogP contribution in [0.15, 0.2) is 54.6 Å². The maximum Gasteiger partial charge on any atom is 0.321 e. The van der Waals surface area contributed by atoms with Gasteiger partial charge < -0.3 is 15.5 Å². The number of anilines is 3. The van der Waals surface area contributed by atoms with E-state index < -0.39 is 11.9 Å². The van der Waals surface area contributed by atoms with Gasteiger partial charge in [-0.25, -0.2) is 4.79 Å². The van der Waals surface area contributed by atoms with Crippen LogP contribution in [0.4, 0.5) is 21.9 Å². The van der Waals surface area contributed by atoms with Crippen LogP contribution in [0.5, 0.6) is 0 Å². The Balaban J connectivity index is 2.04. The summed E-state index contributed by atoms with van der Waals surface area (Å²) in [6.45, 7) is 2.27. The van der Waals surface area contributed by atoms with E-state index in [0.717, 1.165) is 17.1 Å². The van der Waals surface area contributed by atoms with Crippen LogP contribution in [0.3, 0.4) is 0 Å². The summed E-state index contributed by atoms with van der Waals surface area (Å²) in [5, 5.41) is 7.86. The Bertz CT molecular complexity index is 688. The van der Waals surface area contributed by atoms with Gasteiger partial charge in [0.2, 0.25) is 5.91 Å². The summed E-state index contributed by atoms with van der Waals surface area (Å²) in [5.74, 6) is -0.391. The van der Waals surface area contributed by atoms with Crippen molar-refractivity contribution in [2.75, 3.05) is 30.4 Å². The van der Waals surface area contributed by atoms with Crippen LogP contribution in [0.1, 0.15) is 6.92 Å².